The number of rotatable bonds is 7. The predicted molar refractivity (Wildman–Crippen MR) is 57.9 cm³/mol. The van der Waals surface area contributed by atoms with Crippen LogP contribution in [0.15, 0.2) is 12.2 Å². The van der Waals surface area contributed by atoms with Gasteiger partial charge in [-0.15, -0.1) is 0 Å². The van der Waals surface area contributed by atoms with Gasteiger partial charge in [-0.25, -0.2) is 0 Å². The maximum absolute atomic E-state index is 5.14. The van der Waals surface area contributed by atoms with E-state index in [0.717, 1.165) is 19.6 Å². The van der Waals surface area contributed by atoms with Gasteiger partial charge in [-0.2, -0.15) is 0 Å². The second-order valence-electron chi connectivity index (χ2n) is 3.79. The van der Waals surface area contributed by atoms with Crippen LogP contribution in [0.25, 0.3) is 0 Å². The van der Waals surface area contributed by atoms with E-state index in [2.05, 4.69) is 32.7 Å². The SMILES string of the molecule is C=C(CC)CNC(COC)C(C)C. The minimum atomic E-state index is 0.438. The van der Waals surface area contributed by atoms with Crippen molar-refractivity contribution in [2.24, 2.45) is 5.92 Å². The molecule has 0 saturated carbocycles. The fourth-order valence-electron chi connectivity index (χ4n) is 1.07. The van der Waals surface area contributed by atoms with Crippen LogP contribution in [0.3, 0.4) is 0 Å². The van der Waals surface area contributed by atoms with Crippen molar-refractivity contribution in [2.45, 2.75) is 33.2 Å². The zero-order valence-electron chi connectivity index (χ0n) is 9.39. The van der Waals surface area contributed by atoms with Gasteiger partial charge in [0.15, 0.2) is 0 Å². The fraction of sp³-hybridized carbons (Fsp3) is 0.818. The average molecular weight is 185 g/mol. The maximum Gasteiger partial charge on any atom is 0.0618 e. The van der Waals surface area contributed by atoms with E-state index in [4.69, 9.17) is 4.74 Å². The van der Waals surface area contributed by atoms with Crippen LogP contribution in [-0.4, -0.2) is 26.3 Å². The van der Waals surface area contributed by atoms with Crippen molar-refractivity contribution in [1.29, 1.82) is 0 Å². The molecule has 0 rings (SSSR count). The van der Waals surface area contributed by atoms with Crippen molar-refractivity contribution >= 4 is 0 Å². The lowest BCUT2D eigenvalue weighted by Crippen LogP contribution is -2.38. The number of hydrogen-bond acceptors (Lipinski definition) is 2. The molecule has 0 fully saturated rings. The van der Waals surface area contributed by atoms with Crippen molar-refractivity contribution in [1.82, 2.24) is 5.32 Å². The molecule has 2 nitrogen and oxygen atoms in total. The predicted octanol–water partition coefficient (Wildman–Crippen LogP) is 2.21. The topological polar surface area (TPSA) is 21.3 Å². The van der Waals surface area contributed by atoms with E-state index in [1.807, 2.05) is 0 Å². The second kappa shape index (κ2) is 7.10. The van der Waals surface area contributed by atoms with Crippen molar-refractivity contribution in [2.75, 3.05) is 20.3 Å². The number of methoxy groups -OCH3 is 1. The summed E-state index contributed by atoms with van der Waals surface area (Å²) in [6, 6.07) is 0.438. The highest BCUT2D eigenvalue weighted by molar-refractivity contribution is 4.96. The second-order valence-corrected chi connectivity index (χ2v) is 3.79. The van der Waals surface area contributed by atoms with Gasteiger partial charge in [0, 0.05) is 19.7 Å². The molecule has 0 bridgehead atoms. The molecule has 1 unspecified atom stereocenters. The van der Waals surface area contributed by atoms with Gasteiger partial charge >= 0.3 is 0 Å². The van der Waals surface area contributed by atoms with Crippen molar-refractivity contribution < 1.29 is 4.74 Å². The highest BCUT2D eigenvalue weighted by Gasteiger charge is 2.11. The van der Waals surface area contributed by atoms with E-state index >= 15 is 0 Å². The Morgan fingerprint density at radius 3 is 2.46 bits per heavy atom. The Morgan fingerprint density at radius 2 is 2.08 bits per heavy atom. The summed E-state index contributed by atoms with van der Waals surface area (Å²) in [6.07, 6.45) is 1.05. The first kappa shape index (κ1) is 12.7. The Morgan fingerprint density at radius 1 is 1.46 bits per heavy atom. The van der Waals surface area contributed by atoms with E-state index in [9.17, 15) is 0 Å². The quantitative estimate of drug-likeness (QED) is 0.614. The lowest BCUT2D eigenvalue weighted by atomic mass is 10.0. The lowest BCUT2D eigenvalue weighted by molar-refractivity contribution is 0.149. The standard InChI is InChI=1S/C11H23NO/c1-6-10(4)7-12-11(8-13-5)9(2)3/h9,11-12H,4,6-8H2,1-3,5H3. The molecular weight excluding hydrogens is 162 g/mol. The van der Waals surface area contributed by atoms with Gasteiger partial charge in [0.25, 0.3) is 0 Å². The van der Waals surface area contributed by atoms with Crippen LogP contribution in [0, 0.1) is 5.92 Å². The van der Waals surface area contributed by atoms with Crippen molar-refractivity contribution in [3.05, 3.63) is 12.2 Å². The Labute approximate surface area is 82.4 Å². The van der Waals surface area contributed by atoms with Gasteiger partial charge in [0.2, 0.25) is 0 Å². The molecule has 0 heterocycles. The number of ether oxygens (including phenoxy) is 1. The molecule has 0 spiro atoms. The maximum atomic E-state index is 5.14. The zero-order valence-corrected chi connectivity index (χ0v) is 9.39. The first-order valence-electron chi connectivity index (χ1n) is 5.00. The summed E-state index contributed by atoms with van der Waals surface area (Å²) < 4.78 is 5.14. The van der Waals surface area contributed by atoms with Gasteiger partial charge in [0.05, 0.1) is 6.61 Å². The molecule has 0 amide bonds. The largest absolute Gasteiger partial charge is 0.383 e. The molecule has 0 aromatic rings. The van der Waals surface area contributed by atoms with Gasteiger partial charge in [-0.1, -0.05) is 32.9 Å². The van der Waals surface area contributed by atoms with E-state index in [0.29, 0.717) is 12.0 Å². The third-order valence-electron chi connectivity index (χ3n) is 2.27. The molecule has 0 aromatic carbocycles. The molecule has 0 aliphatic carbocycles. The highest BCUT2D eigenvalue weighted by atomic mass is 16.5. The van der Waals surface area contributed by atoms with Gasteiger partial charge in [-0.3, -0.25) is 0 Å². The molecule has 0 radical (unpaired) electrons. The smallest absolute Gasteiger partial charge is 0.0618 e. The summed E-state index contributed by atoms with van der Waals surface area (Å²) in [5.74, 6) is 0.601. The van der Waals surface area contributed by atoms with Crippen LogP contribution in [0.5, 0.6) is 0 Å². The molecule has 0 aliphatic heterocycles. The summed E-state index contributed by atoms with van der Waals surface area (Å²) in [4.78, 5) is 0. The van der Waals surface area contributed by atoms with Crippen LogP contribution in [0.2, 0.25) is 0 Å². The van der Waals surface area contributed by atoms with E-state index in [1.54, 1.807) is 7.11 Å². The zero-order chi connectivity index (χ0) is 10.3. The molecule has 1 N–H and O–H groups in total. The Kier molecular flexibility index (Phi) is 6.92. The third-order valence-corrected chi connectivity index (χ3v) is 2.27. The van der Waals surface area contributed by atoms with Gasteiger partial charge < -0.3 is 10.1 Å². The molecule has 13 heavy (non-hydrogen) atoms. The first-order valence-corrected chi connectivity index (χ1v) is 5.00. The van der Waals surface area contributed by atoms with E-state index in [-0.39, 0.29) is 0 Å². The molecule has 2 heteroatoms. The third kappa shape index (κ3) is 5.83. The summed E-state index contributed by atoms with van der Waals surface area (Å²) in [6.45, 7) is 12.2. The molecule has 0 aromatic heterocycles. The minimum absolute atomic E-state index is 0.438. The molecule has 1 atom stereocenters. The van der Waals surface area contributed by atoms with Crippen LogP contribution in [0.4, 0.5) is 0 Å². The Bertz CT molecular complexity index is 143. The highest BCUT2D eigenvalue weighted by Crippen LogP contribution is 2.03. The van der Waals surface area contributed by atoms with Crippen molar-refractivity contribution in [3.8, 4) is 0 Å². The van der Waals surface area contributed by atoms with Crippen LogP contribution < -0.4 is 5.32 Å². The number of hydrogen-bond donors (Lipinski definition) is 1. The van der Waals surface area contributed by atoms with E-state index < -0.39 is 0 Å². The number of nitrogens with one attached hydrogen (secondary N) is 1. The first-order chi connectivity index (χ1) is 6.11. The molecule has 0 aliphatic rings. The average Bonchev–Trinajstić information content (AvgIpc) is 2.11. The molecule has 0 saturated heterocycles. The van der Waals surface area contributed by atoms with E-state index in [1.165, 1.54) is 5.57 Å². The minimum Gasteiger partial charge on any atom is -0.383 e. The lowest BCUT2D eigenvalue weighted by Gasteiger charge is -2.21. The van der Waals surface area contributed by atoms with Gasteiger partial charge in [-0.05, 0) is 12.3 Å². The Balaban J connectivity index is 3.75. The van der Waals surface area contributed by atoms with Crippen molar-refractivity contribution in [3.63, 3.8) is 0 Å². The Hall–Kier alpha value is -0.340. The normalized spacial score (nSPS) is 13.3. The summed E-state index contributed by atoms with van der Waals surface area (Å²) in [7, 11) is 1.74. The monoisotopic (exact) mass is 185 g/mol. The van der Waals surface area contributed by atoms with Gasteiger partial charge in [0.1, 0.15) is 0 Å². The summed E-state index contributed by atoms with van der Waals surface area (Å²) in [5.41, 5.74) is 1.25. The van der Waals surface area contributed by atoms with Crippen LogP contribution in [-0.2, 0) is 4.74 Å². The molecular formula is C11H23NO. The fourth-order valence-corrected chi connectivity index (χ4v) is 1.07. The van der Waals surface area contributed by atoms with Crippen LogP contribution in [0.1, 0.15) is 27.2 Å². The molecule has 78 valence electrons. The summed E-state index contributed by atoms with van der Waals surface area (Å²) in [5, 5.41) is 3.45. The summed E-state index contributed by atoms with van der Waals surface area (Å²) >= 11 is 0. The van der Waals surface area contributed by atoms with Crippen LogP contribution >= 0.6 is 0 Å².